The van der Waals surface area contributed by atoms with Gasteiger partial charge in [0.15, 0.2) is 11.3 Å². The highest BCUT2D eigenvalue weighted by Gasteiger charge is 2.25. The number of hydrogen-bond acceptors (Lipinski definition) is 6. The van der Waals surface area contributed by atoms with Gasteiger partial charge in [0.1, 0.15) is 0 Å². The third kappa shape index (κ3) is 4.79. The molecule has 0 amide bonds. The maximum Gasteiger partial charge on any atom is 0.280 e. The van der Waals surface area contributed by atoms with Gasteiger partial charge in [0.2, 0.25) is 0 Å². The maximum absolute atomic E-state index is 12.6. The van der Waals surface area contributed by atoms with Crippen LogP contribution in [0.5, 0.6) is 0 Å². The van der Waals surface area contributed by atoms with Crippen LogP contribution in [0.15, 0.2) is 17.2 Å². The molecular formula is C17H24Cl2N4O3. The number of aliphatic hydroxyl groups is 1. The predicted octanol–water partition coefficient (Wildman–Crippen LogP) is 1.32. The van der Waals surface area contributed by atoms with Crippen LogP contribution in [0.2, 0.25) is 0 Å². The Labute approximate surface area is 164 Å². The fraction of sp³-hybridized carbons (Fsp3) is 0.529. The smallest absolute Gasteiger partial charge is 0.280 e. The first kappa shape index (κ1) is 22.5. The highest BCUT2D eigenvalue weighted by molar-refractivity contribution is 5.85. The number of rotatable bonds is 4. The Morgan fingerprint density at radius 1 is 1.35 bits per heavy atom. The zero-order valence-corrected chi connectivity index (χ0v) is 16.4. The number of nitrogens with zero attached hydrogens (tertiary/aromatic N) is 3. The van der Waals surface area contributed by atoms with Crippen LogP contribution >= 0.6 is 24.8 Å². The highest BCUT2D eigenvalue weighted by Crippen LogP contribution is 2.13. The third-order valence-electron chi connectivity index (χ3n) is 4.44. The highest BCUT2D eigenvalue weighted by atomic mass is 35.5. The summed E-state index contributed by atoms with van der Waals surface area (Å²) in [6.45, 7) is 4.45. The van der Waals surface area contributed by atoms with E-state index in [1.54, 1.807) is 0 Å². The van der Waals surface area contributed by atoms with Crippen LogP contribution in [-0.2, 0) is 11.3 Å². The van der Waals surface area contributed by atoms with Crippen molar-refractivity contribution in [2.45, 2.75) is 51.8 Å². The summed E-state index contributed by atoms with van der Waals surface area (Å²) in [6.07, 6.45) is 2.69. The standard InChI is InChI=1S/C17H22N4O3.2ClH/c1-10-6-11(2)20-16-15(10)19-9-21(17(16)24)8-12(22)7-13-14(23)4-3-5-18-13;;/h6,9,13-14,18,23H,3-5,7-8H2,1-2H3;2*1H/t13-,14+;;/m1../s1. The molecule has 26 heavy (non-hydrogen) atoms. The quantitative estimate of drug-likeness (QED) is 0.800. The lowest BCUT2D eigenvalue weighted by Gasteiger charge is -2.28. The van der Waals surface area contributed by atoms with E-state index in [2.05, 4.69) is 15.3 Å². The first-order valence-electron chi connectivity index (χ1n) is 8.22. The summed E-state index contributed by atoms with van der Waals surface area (Å²) >= 11 is 0. The van der Waals surface area contributed by atoms with Gasteiger partial charge in [-0.25, -0.2) is 9.97 Å². The first-order valence-corrected chi connectivity index (χ1v) is 8.22. The van der Waals surface area contributed by atoms with Crippen molar-refractivity contribution in [1.29, 1.82) is 0 Å². The third-order valence-corrected chi connectivity index (χ3v) is 4.44. The van der Waals surface area contributed by atoms with E-state index < -0.39 is 6.10 Å². The summed E-state index contributed by atoms with van der Waals surface area (Å²) in [5, 5.41) is 13.1. The van der Waals surface area contributed by atoms with Crippen molar-refractivity contribution in [2.24, 2.45) is 0 Å². The zero-order chi connectivity index (χ0) is 17.3. The lowest BCUT2D eigenvalue weighted by molar-refractivity contribution is -0.121. The second kappa shape index (κ2) is 9.41. The average molecular weight is 403 g/mol. The molecule has 9 heteroatoms. The largest absolute Gasteiger partial charge is 0.391 e. The Kier molecular flexibility index (Phi) is 8.15. The van der Waals surface area contributed by atoms with Gasteiger partial charge in [-0.2, -0.15) is 0 Å². The molecular weight excluding hydrogens is 379 g/mol. The van der Waals surface area contributed by atoms with Gasteiger partial charge in [0.25, 0.3) is 5.56 Å². The van der Waals surface area contributed by atoms with Crippen molar-refractivity contribution >= 4 is 41.6 Å². The fourth-order valence-corrected chi connectivity index (χ4v) is 3.21. The molecule has 0 bridgehead atoms. The number of fused-ring (bicyclic) bond motifs is 1. The van der Waals surface area contributed by atoms with E-state index in [4.69, 9.17) is 0 Å². The number of pyridine rings is 1. The summed E-state index contributed by atoms with van der Waals surface area (Å²) < 4.78 is 1.30. The molecule has 7 nitrogen and oxygen atoms in total. The predicted molar refractivity (Wildman–Crippen MR) is 104 cm³/mol. The Morgan fingerprint density at radius 2 is 2.08 bits per heavy atom. The first-order chi connectivity index (χ1) is 11.5. The number of aromatic nitrogens is 3. The fourth-order valence-electron chi connectivity index (χ4n) is 3.21. The van der Waals surface area contributed by atoms with E-state index in [1.165, 1.54) is 10.9 Å². The minimum atomic E-state index is -0.513. The number of hydrogen-bond donors (Lipinski definition) is 2. The topological polar surface area (TPSA) is 97.1 Å². The molecule has 3 heterocycles. The SMILES string of the molecule is Cc1cc(C)c2ncn(CC(=O)C[C@H]3NCCC[C@@H]3O)c(=O)c2n1.Cl.Cl. The molecule has 0 aliphatic carbocycles. The van der Waals surface area contributed by atoms with Crippen molar-refractivity contribution in [3.05, 3.63) is 34.0 Å². The number of aryl methyl sites for hydroxylation is 2. The number of halogens is 2. The summed E-state index contributed by atoms with van der Waals surface area (Å²) in [7, 11) is 0. The molecule has 0 unspecified atom stereocenters. The Bertz CT molecular complexity index is 841. The van der Waals surface area contributed by atoms with Crippen LogP contribution in [-0.4, -0.2) is 44.1 Å². The summed E-state index contributed by atoms with van der Waals surface area (Å²) in [5.74, 6) is -0.110. The van der Waals surface area contributed by atoms with Crippen LogP contribution in [0.4, 0.5) is 0 Å². The normalized spacial score (nSPS) is 19.5. The molecule has 1 fully saturated rings. The van der Waals surface area contributed by atoms with Crippen LogP contribution in [0.3, 0.4) is 0 Å². The number of Topliss-reactive ketones (excluding diaryl/α,β-unsaturated/α-hetero) is 1. The Morgan fingerprint density at radius 3 is 2.77 bits per heavy atom. The van der Waals surface area contributed by atoms with Crippen molar-refractivity contribution in [3.8, 4) is 0 Å². The molecule has 2 aromatic rings. The Balaban J connectivity index is 0.00000169. The monoisotopic (exact) mass is 402 g/mol. The molecule has 2 aromatic heterocycles. The van der Waals surface area contributed by atoms with E-state index in [0.717, 1.165) is 24.2 Å². The molecule has 2 N–H and O–H groups in total. The van der Waals surface area contributed by atoms with Crippen LogP contribution in [0.25, 0.3) is 11.0 Å². The van der Waals surface area contributed by atoms with E-state index in [0.29, 0.717) is 17.5 Å². The van der Waals surface area contributed by atoms with Gasteiger partial charge in [-0.15, -0.1) is 24.8 Å². The molecule has 3 rings (SSSR count). The summed E-state index contributed by atoms with van der Waals surface area (Å²) in [4.78, 5) is 33.4. The minimum Gasteiger partial charge on any atom is -0.391 e. The average Bonchev–Trinajstić information content (AvgIpc) is 2.53. The van der Waals surface area contributed by atoms with E-state index >= 15 is 0 Å². The van der Waals surface area contributed by atoms with Crippen LogP contribution in [0.1, 0.15) is 30.5 Å². The van der Waals surface area contributed by atoms with E-state index in [9.17, 15) is 14.7 Å². The molecule has 1 aliphatic heterocycles. The summed E-state index contributed by atoms with van der Waals surface area (Å²) in [5.41, 5.74) is 2.19. The van der Waals surface area contributed by atoms with Crippen LogP contribution in [0, 0.1) is 13.8 Å². The van der Waals surface area contributed by atoms with Gasteiger partial charge in [-0.3, -0.25) is 14.2 Å². The molecule has 144 valence electrons. The van der Waals surface area contributed by atoms with E-state index in [-0.39, 0.29) is 55.2 Å². The maximum atomic E-state index is 12.6. The molecule has 0 spiro atoms. The molecule has 1 aliphatic rings. The number of piperidine rings is 1. The zero-order valence-electron chi connectivity index (χ0n) is 14.8. The second-order valence-electron chi connectivity index (χ2n) is 6.47. The number of nitrogens with one attached hydrogen (secondary N) is 1. The lowest BCUT2D eigenvalue weighted by Crippen LogP contribution is -2.46. The van der Waals surface area contributed by atoms with Crippen molar-refractivity contribution < 1.29 is 9.90 Å². The van der Waals surface area contributed by atoms with Gasteiger partial charge in [0.05, 0.1) is 24.5 Å². The van der Waals surface area contributed by atoms with Gasteiger partial charge < -0.3 is 10.4 Å². The van der Waals surface area contributed by atoms with Gasteiger partial charge >= 0.3 is 0 Å². The summed E-state index contributed by atoms with van der Waals surface area (Å²) in [6, 6.07) is 1.64. The van der Waals surface area contributed by atoms with Crippen molar-refractivity contribution in [2.75, 3.05) is 6.54 Å². The molecule has 2 atom stereocenters. The molecule has 0 saturated carbocycles. The molecule has 0 aromatic carbocycles. The minimum absolute atomic E-state index is 0. The second-order valence-corrected chi connectivity index (χ2v) is 6.47. The number of carbonyl (C=O) groups is 1. The number of ketones is 1. The van der Waals surface area contributed by atoms with Gasteiger partial charge in [0, 0.05) is 18.2 Å². The van der Waals surface area contributed by atoms with Gasteiger partial charge in [-0.05, 0) is 44.9 Å². The Hall–Kier alpha value is -1.54. The van der Waals surface area contributed by atoms with Crippen molar-refractivity contribution in [1.82, 2.24) is 19.9 Å². The van der Waals surface area contributed by atoms with Crippen molar-refractivity contribution in [3.63, 3.8) is 0 Å². The lowest BCUT2D eigenvalue weighted by atomic mass is 9.97. The number of aliphatic hydroxyl groups excluding tert-OH is 1. The molecule has 1 saturated heterocycles. The van der Waals surface area contributed by atoms with Gasteiger partial charge in [-0.1, -0.05) is 0 Å². The van der Waals surface area contributed by atoms with E-state index in [1.807, 2.05) is 19.9 Å². The number of carbonyl (C=O) groups excluding carboxylic acids is 1. The van der Waals surface area contributed by atoms with Crippen LogP contribution < -0.4 is 10.9 Å². The molecule has 0 radical (unpaired) electrons.